The summed E-state index contributed by atoms with van der Waals surface area (Å²) in [5.74, 6) is 0. The van der Waals surface area contributed by atoms with Gasteiger partial charge in [0, 0.05) is 24.7 Å². The highest BCUT2D eigenvalue weighted by molar-refractivity contribution is 5.34. The molecule has 2 heterocycles. The van der Waals surface area contributed by atoms with E-state index in [1.165, 1.54) is 12.1 Å². The van der Waals surface area contributed by atoms with Crippen LogP contribution in [0.5, 0.6) is 0 Å². The number of benzene rings is 1. The Morgan fingerprint density at radius 2 is 2.12 bits per heavy atom. The highest BCUT2D eigenvalue weighted by Gasteiger charge is 2.41. The Bertz CT molecular complexity index is 418. The van der Waals surface area contributed by atoms with Gasteiger partial charge in [0.1, 0.15) is 0 Å². The minimum Gasteiger partial charge on any atom is -0.367 e. The van der Waals surface area contributed by atoms with Gasteiger partial charge in [0.05, 0.1) is 17.1 Å². The highest BCUT2D eigenvalue weighted by atomic mass is 16.6. The van der Waals surface area contributed by atoms with E-state index < -0.39 is 0 Å². The Morgan fingerprint density at radius 1 is 1.38 bits per heavy atom. The predicted octanol–water partition coefficient (Wildman–Crippen LogP) is 1.40. The van der Waals surface area contributed by atoms with Crippen LogP contribution < -0.4 is 5.32 Å². The van der Waals surface area contributed by atoms with Gasteiger partial charge >= 0.3 is 0 Å². The highest BCUT2D eigenvalue weighted by Crippen LogP contribution is 2.37. The molecule has 2 unspecified atom stereocenters. The van der Waals surface area contributed by atoms with Gasteiger partial charge in [-0.3, -0.25) is 10.1 Å². The molecule has 16 heavy (non-hydrogen) atoms. The molecule has 1 N–H and O–H groups in total. The zero-order valence-electron chi connectivity index (χ0n) is 8.63. The molecule has 84 valence electrons. The van der Waals surface area contributed by atoms with Crippen LogP contribution in [-0.4, -0.2) is 23.6 Å². The number of nitrogens with zero attached hydrogens (tertiary/aromatic N) is 1. The maximum Gasteiger partial charge on any atom is 0.269 e. The van der Waals surface area contributed by atoms with E-state index in [9.17, 15) is 10.1 Å². The minimum atomic E-state index is -0.385. The van der Waals surface area contributed by atoms with Crippen LogP contribution in [0.4, 0.5) is 5.69 Å². The molecule has 0 saturated carbocycles. The Hall–Kier alpha value is -1.46. The van der Waals surface area contributed by atoms with Crippen molar-refractivity contribution in [1.82, 2.24) is 5.32 Å². The standard InChI is InChI=1S/C11H12N2O3/c14-13(15)8-3-1-7(2-4-8)11-10-5-9(16-11)6-12-10/h1-4,9-12H,5-6H2/t9?,10-,11?/m1/s1. The molecule has 2 aliphatic rings. The van der Waals surface area contributed by atoms with Crippen molar-refractivity contribution in [2.24, 2.45) is 0 Å². The number of nitro groups is 1. The smallest absolute Gasteiger partial charge is 0.269 e. The summed E-state index contributed by atoms with van der Waals surface area (Å²) in [4.78, 5) is 10.1. The first kappa shape index (κ1) is 9.74. The summed E-state index contributed by atoms with van der Waals surface area (Å²) in [5, 5.41) is 13.9. The first-order valence-corrected chi connectivity index (χ1v) is 5.37. The number of fused-ring (bicyclic) bond motifs is 2. The second kappa shape index (κ2) is 3.54. The van der Waals surface area contributed by atoms with Crippen molar-refractivity contribution in [3.63, 3.8) is 0 Å². The van der Waals surface area contributed by atoms with Crippen LogP contribution in [0.25, 0.3) is 0 Å². The molecule has 3 rings (SSSR count). The van der Waals surface area contributed by atoms with E-state index in [0.29, 0.717) is 12.1 Å². The number of nitro benzene ring substituents is 1. The zero-order valence-corrected chi connectivity index (χ0v) is 8.63. The van der Waals surface area contributed by atoms with E-state index in [2.05, 4.69) is 5.32 Å². The summed E-state index contributed by atoms with van der Waals surface area (Å²) in [7, 11) is 0. The molecule has 0 radical (unpaired) electrons. The molecule has 2 fully saturated rings. The first-order valence-electron chi connectivity index (χ1n) is 5.37. The van der Waals surface area contributed by atoms with Crippen molar-refractivity contribution in [3.8, 4) is 0 Å². The Kier molecular flexibility index (Phi) is 2.15. The van der Waals surface area contributed by atoms with Crippen LogP contribution in [0.2, 0.25) is 0 Å². The maximum absolute atomic E-state index is 10.5. The molecule has 5 nitrogen and oxygen atoms in total. The second-order valence-electron chi connectivity index (χ2n) is 4.28. The summed E-state index contributed by atoms with van der Waals surface area (Å²) < 4.78 is 5.81. The quantitative estimate of drug-likeness (QED) is 0.604. The Morgan fingerprint density at radius 3 is 2.62 bits per heavy atom. The van der Waals surface area contributed by atoms with Crippen molar-refractivity contribution in [2.75, 3.05) is 6.54 Å². The number of ether oxygens (including phenoxy) is 1. The number of hydrogen-bond donors (Lipinski definition) is 1. The van der Waals surface area contributed by atoms with E-state index in [-0.39, 0.29) is 16.7 Å². The third-order valence-corrected chi connectivity index (χ3v) is 3.26. The molecular weight excluding hydrogens is 208 g/mol. The lowest BCUT2D eigenvalue weighted by Crippen LogP contribution is -2.33. The van der Waals surface area contributed by atoms with Gasteiger partial charge < -0.3 is 10.1 Å². The number of rotatable bonds is 2. The summed E-state index contributed by atoms with van der Waals surface area (Å²) >= 11 is 0. The third-order valence-electron chi connectivity index (χ3n) is 3.26. The molecule has 0 aromatic heterocycles. The van der Waals surface area contributed by atoms with Gasteiger partial charge in [-0.15, -0.1) is 0 Å². The lowest BCUT2D eigenvalue weighted by atomic mass is 10.0. The number of morpholine rings is 1. The molecule has 5 heteroatoms. The van der Waals surface area contributed by atoms with E-state index in [4.69, 9.17) is 4.74 Å². The summed E-state index contributed by atoms with van der Waals surface area (Å²) in [6.07, 6.45) is 1.41. The normalized spacial score (nSPS) is 31.9. The number of nitrogens with one attached hydrogen (secondary N) is 1. The van der Waals surface area contributed by atoms with Crippen molar-refractivity contribution in [1.29, 1.82) is 0 Å². The lowest BCUT2D eigenvalue weighted by Gasteiger charge is -2.23. The lowest BCUT2D eigenvalue weighted by molar-refractivity contribution is -0.384. The van der Waals surface area contributed by atoms with Gasteiger partial charge in [-0.25, -0.2) is 0 Å². The largest absolute Gasteiger partial charge is 0.367 e. The van der Waals surface area contributed by atoms with Crippen LogP contribution >= 0.6 is 0 Å². The van der Waals surface area contributed by atoms with Crippen LogP contribution in [0.15, 0.2) is 24.3 Å². The van der Waals surface area contributed by atoms with Gasteiger partial charge in [0.15, 0.2) is 0 Å². The summed E-state index contributed by atoms with van der Waals surface area (Å²) in [6, 6.07) is 7.00. The van der Waals surface area contributed by atoms with E-state index >= 15 is 0 Å². The summed E-state index contributed by atoms with van der Waals surface area (Å²) in [6.45, 7) is 0.925. The fourth-order valence-corrected chi connectivity index (χ4v) is 2.47. The predicted molar refractivity (Wildman–Crippen MR) is 57.1 cm³/mol. The summed E-state index contributed by atoms with van der Waals surface area (Å²) in [5.41, 5.74) is 1.14. The van der Waals surface area contributed by atoms with Gasteiger partial charge in [-0.05, 0) is 24.1 Å². The van der Waals surface area contributed by atoms with Crippen molar-refractivity contribution in [3.05, 3.63) is 39.9 Å². The SMILES string of the molecule is O=[N+]([O-])c1ccc(C2OC3CN[C@@H]2C3)cc1. The molecule has 2 saturated heterocycles. The van der Waals surface area contributed by atoms with Crippen LogP contribution in [-0.2, 0) is 4.74 Å². The van der Waals surface area contributed by atoms with Gasteiger partial charge in [0.2, 0.25) is 0 Å². The van der Waals surface area contributed by atoms with Gasteiger partial charge in [-0.1, -0.05) is 0 Å². The third kappa shape index (κ3) is 1.48. The second-order valence-corrected chi connectivity index (χ2v) is 4.28. The number of hydrogen-bond acceptors (Lipinski definition) is 4. The van der Waals surface area contributed by atoms with Crippen molar-refractivity contribution < 1.29 is 9.66 Å². The molecule has 2 aliphatic heterocycles. The van der Waals surface area contributed by atoms with E-state index in [1.807, 2.05) is 0 Å². The van der Waals surface area contributed by atoms with Crippen LogP contribution in [0, 0.1) is 10.1 Å². The molecule has 2 bridgehead atoms. The van der Waals surface area contributed by atoms with Gasteiger partial charge in [0.25, 0.3) is 5.69 Å². The molecule has 1 aromatic rings. The minimum absolute atomic E-state index is 0.0551. The fraction of sp³-hybridized carbons (Fsp3) is 0.455. The van der Waals surface area contributed by atoms with Crippen LogP contribution in [0.1, 0.15) is 18.1 Å². The molecular formula is C11H12N2O3. The van der Waals surface area contributed by atoms with Crippen LogP contribution in [0.3, 0.4) is 0 Å². The average Bonchev–Trinajstić information content (AvgIpc) is 2.91. The molecule has 1 aromatic carbocycles. The van der Waals surface area contributed by atoms with E-state index in [1.54, 1.807) is 12.1 Å². The fourth-order valence-electron chi connectivity index (χ4n) is 2.47. The molecule has 0 spiro atoms. The monoisotopic (exact) mass is 220 g/mol. The maximum atomic E-state index is 10.5. The molecule has 0 aliphatic carbocycles. The van der Waals surface area contributed by atoms with Crippen molar-refractivity contribution in [2.45, 2.75) is 24.7 Å². The molecule has 0 amide bonds. The molecule has 3 atom stereocenters. The topological polar surface area (TPSA) is 64.4 Å². The Labute approximate surface area is 92.6 Å². The first-order chi connectivity index (χ1) is 7.74. The van der Waals surface area contributed by atoms with Gasteiger partial charge in [-0.2, -0.15) is 0 Å². The Balaban J connectivity index is 1.82. The average molecular weight is 220 g/mol. The number of non-ortho nitro benzene ring substituents is 1. The zero-order chi connectivity index (χ0) is 11.1. The van der Waals surface area contributed by atoms with Crippen molar-refractivity contribution >= 4 is 5.69 Å². The van der Waals surface area contributed by atoms with E-state index in [0.717, 1.165) is 18.5 Å².